The molecule has 1 aromatic heterocycles. The van der Waals surface area contributed by atoms with E-state index in [9.17, 15) is 0 Å². The Bertz CT molecular complexity index is 579. The van der Waals surface area contributed by atoms with E-state index in [2.05, 4.69) is 9.59 Å². The van der Waals surface area contributed by atoms with Crippen LogP contribution in [-0.4, -0.2) is 9.59 Å². The van der Waals surface area contributed by atoms with Crippen molar-refractivity contribution in [3.8, 4) is 11.8 Å². The minimum atomic E-state index is 0.195. The first-order valence-corrected chi connectivity index (χ1v) is 6.03. The van der Waals surface area contributed by atoms with Gasteiger partial charge in [-0.25, -0.2) is 0 Å². The molecule has 0 aliphatic rings. The molecule has 1 aromatic carbocycles. The van der Waals surface area contributed by atoms with E-state index in [-0.39, 0.29) is 6.61 Å². The summed E-state index contributed by atoms with van der Waals surface area (Å²) in [6.45, 7) is 0.195. The van der Waals surface area contributed by atoms with Crippen molar-refractivity contribution in [3.05, 3.63) is 38.8 Å². The highest BCUT2D eigenvalue weighted by molar-refractivity contribution is 7.10. The SMILES string of the molecule is N#Cc1ccc(OCc2nnsc2Cl)c(Cl)c1. The lowest BCUT2D eigenvalue weighted by Gasteiger charge is -2.06. The molecule has 0 spiro atoms. The van der Waals surface area contributed by atoms with Crippen molar-refractivity contribution in [2.75, 3.05) is 0 Å². The fraction of sp³-hybridized carbons (Fsp3) is 0.100. The van der Waals surface area contributed by atoms with Crippen LogP contribution in [0.2, 0.25) is 9.36 Å². The Balaban J connectivity index is 2.10. The summed E-state index contributed by atoms with van der Waals surface area (Å²) in [6.07, 6.45) is 0. The summed E-state index contributed by atoms with van der Waals surface area (Å²) in [4.78, 5) is 0. The van der Waals surface area contributed by atoms with Gasteiger partial charge in [0.05, 0.1) is 16.7 Å². The summed E-state index contributed by atoms with van der Waals surface area (Å²) in [5.41, 5.74) is 1.05. The lowest BCUT2D eigenvalue weighted by atomic mass is 10.2. The Morgan fingerprint density at radius 1 is 1.41 bits per heavy atom. The molecule has 0 N–H and O–H groups in total. The zero-order valence-electron chi connectivity index (χ0n) is 8.35. The second-order valence-corrected chi connectivity index (χ2v) is 4.80. The standard InChI is InChI=1S/C10H5Cl2N3OS/c11-7-3-6(4-13)1-2-9(7)16-5-8-10(12)17-15-14-8/h1-3H,5H2. The number of hydrogen-bond acceptors (Lipinski definition) is 5. The number of hydrogen-bond donors (Lipinski definition) is 0. The smallest absolute Gasteiger partial charge is 0.141 e. The molecule has 0 aliphatic heterocycles. The van der Waals surface area contributed by atoms with Gasteiger partial charge in [0, 0.05) is 11.5 Å². The van der Waals surface area contributed by atoms with Gasteiger partial charge >= 0.3 is 0 Å². The average Bonchev–Trinajstić information content (AvgIpc) is 2.73. The maximum Gasteiger partial charge on any atom is 0.141 e. The van der Waals surface area contributed by atoms with Crippen LogP contribution < -0.4 is 4.74 Å². The largest absolute Gasteiger partial charge is 0.486 e. The van der Waals surface area contributed by atoms with Crippen molar-refractivity contribution in [2.45, 2.75) is 6.61 Å². The molecule has 1 heterocycles. The predicted octanol–water partition coefficient (Wildman–Crippen LogP) is 3.30. The van der Waals surface area contributed by atoms with E-state index in [1.807, 2.05) is 6.07 Å². The third-order valence-electron chi connectivity index (χ3n) is 1.93. The minimum Gasteiger partial charge on any atom is -0.486 e. The Hall–Kier alpha value is -1.35. The molecule has 17 heavy (non-hydrogen) atoms. The van der Waals surface area contributed by atoms with Crippen molar-refractivity contribution in [1.82, 2.24) is 9.59 Å². The van der Waals surface area contributed by atoms with Crippen LogP contribution in [0.25, 0.3) is 0 Å². The number of benzene rings is 1. The molecule has 0 fully saturated rings. The summed E-state index contributed by atoms with van der Waals surface area (Å²) in [5.74, 6) is 0.481. The Morgan fingerprint density at radius 3 is 2.82 bits per heavy atom. The molecule has 0 unspecified atom stereocenters. The number of aromatic nitrogens is 2. The molecule has 4 nitrogen and oxygen atoms in total. The van der Waals surface area contributed by atoms with E-state index in [0.29, 0.717) is 26.4 Å². The first-order valence-electron chi connectivity index (χ1n) is 4.50. The van der Waals surface area contributed by atoms with Crippen molar-refractivity contribution in [1.29, 1.82) is 5.26 Å². The quantitative estimate of drug-likeness (QED) is 0.868. The maximum absolute atomic E-state index is 8.69. The fourth-order valence-electron chi connectivity index (χ4n) is 1.12. The van der Waals surface area contributed by atoms with E-state index in [0.717, 1.165) is 11.5 Å². The molecule has 0 aliphatic carbocycles. The fourth-order valence-corrected chi connectivity index (χ4v) is 1.95. The van der Waals surface area contributed by atoms with Crippen LogP contribution in [0.3, 0.4) is 0 Å². The number of ether oxygens (including phenoxy) is 1. The van der Waals surface area contributed by atoms with Gasteiger partial charge in [-0.2, -0.15) is 5.26 Å². The van der Waals surface area contributed by atoms with Crippen LogP contribution in [-0.2, 0) is 6.61 Å². The second-order valence-electron chi connectivity index (χ2n) is 3.04. The van der Waals surface area contributed by atoms with Gasteiger partial charge in [0.1, 0.15) is 22.4 Å². The van der Waals surface area contributed by atoms with Gasteiger partial charge in [0.25, 0.3) is 0 Å². The molecule has 2 aromatic rings. The molecular formula is C10H5Cl2N3OS. The van der Waals surface area contributed by atoms with Gasteiger partial charge in [-0.1, -0.05) is 27.7 Å². The predicted molar refractivity (Wildman–Crippen MR) is 65.4 cm³/mol. The molecule has 0 amide bonds. The van der Waals surface area contributed by atoms with Crippen molar-refractivity contribution in [2.24, 2.45) is 0 Å². The molecule has 0 saturated carbocycles. The van der Waals surface area contributed by atoms with E-state index >= 15 is 0 Å². The van der Waals surface area contributed by atoms with Crippen LogP contribution in [0.5, 0.6) is 5.75 Å². The highest BCUT2D eigenvalue weighted by atomic mass is 35.5. The Kier molecular flexibility index (Phi) is 3.79. The van der Waals surface area contributed by atoms with Crippen LogP contribution in [0.4, 0.5) is 0 Å². The summed E-state index contributed by atoms with van der Waals surface area (Å²) in [5, 5.41) is 12.9. The summed E-state index contributed by atoms with van der Waals surface area (Å²) in [7, 11) is 0. The lowest BCUT2D eigenvalue weighted by molar-refractivity contribution is 0.301. The molecule has 0 saturated heterocycles. The molecule has 2 rings (SSSR count). The van der Waals surface area contributed by atoms with E-state index < -0.39 is 0 Å². The Labute approximate surface area is 112 Å². The van der Waals surface area contributed by atoms with Crippen LogP contribution in [0, 0.1) is 11.3 Å². The first kappa shape index (κ1) is 12.1. The van der Waals surface area contributed by atoms with E-state index in [4.69, 9.17) is 33.2 Å². The third-order valence-corrected chi connectivity index (χ3v) is 3.21. The summed E-state index contributed by atoms with van der Waals surface area (Å²) < 4.78 is 9.62. The van der Waals surface area contributed by atoms with Crippen molar-refractivity contribution < 1.29 is 4.74 Å². The Morgan fingerprint density at radius 2 is 2.24 bits per heavy atom. The van der Waals surface area contributed by atoms with Gasteiger partial charge in [-0.3, -0.25) is 0 Å². The second kappa shape index (κ2) is 5.32. The number of nitrogens with zero attached hydrogens (tertiary/aromatic N) is 3. The van der Waals surface area contributed by atoms with Gasteiger partial charge < -0.3 is 4.74 Å². The summed E-state index contributed by atoms with van der Waals surface area (Å²) >= 11 is 12.9. The summed E-state index contributed by atoms with van der Waals surface area (Å²) in [6, 6.07) is 6.79. The van der Waals surface area contributed by atoms with Gasteiger partial charge in [0.2, 0.25) is 0 Å². The van der Waals surface area contributed by atoms with Crippen LogP contribution in [0.15, 0.2) is 18.2 Å². The third kappa shape index (κ3) is 2.86. The maximum atomic E-state index is 8.69. The van der Waals surface area contributed by atoms with Gasteiger partial charge in [-0.05, 0) is 18.2 Å². The number of nitriles is 1. The highest BCUT2D eigenvalue weighted by Crippen LogP contribution is 2.27. The van der Waals surface area contributed by atoms with E-state index in [1.54, 1.807) is 12.1 Å². The van der Waals surface area contributed by atoms with Gasteiger partial charge in [-0.15, -0.1) is 5.10 Å². The first-order chi connectivity index (χ1) is 8.20. The molecule has 0 atom stereocenters. The van der Waals surface area contributed by atoms with Crippen molar-refractivity contribution in [3.63, 3.8) is 0 Å². The molecule has 0 radical (unpaired) electrons. The topological polar surface area (TPSA) is 58.8 Å². The number of rotatable bonds is 3. The molecule has 0 bridgehead atoms. The molecular weight excluding hydrogens is 281 g/mol. The zero-order valence-corrected chi connectivity index (χ0v) is 10.7. The average molecular weight is 286 g/mol. The van der Waals surface area contributed by atoms with E-state index in [1.165, 1.54) is 6.07 Å². The lowest BCUT2D eigenvalue weighted by Crippen LogP contribution is -1.97. The van der Waals surface area contributed by atoms with Crippen molar-refractivity contribution >= 4 is 34.7 Å². The highest BCUT2D eigenvalue weighted by Gasteiger charge is 2.08. The molecule has 86 valence electrons. The van der Waals surface area contributed by atoms with Crippen LogP contribution in [0.1, 0.15) is 11.3 Å². The monoisotopic (exact) mass is 285 g/mol. The van der Waals surface area contributed by atoms with Crippen LogP contribution >= 0.6 is 34.7 Å². The molecule has 7 heteroatoms. The zero-order chi connectivity index (χ0) is 12.3. The number of halogens is 2. The minimum absolute atomic E-state index is 0.195. The normalized spacial score (nSPS) is 9.94. The van der Waals surface area contributed by atoms with Gasteiger partial charge in [0.15, 0.2) is 0 Å².